The lowest BCUT2D eigenvalue weighted by molar-refractivity contribution is -0.118. The molecule has 1 heterocycles. The Kier molecular flexibility index (Phi) is 4.91. The van der Waals surface area contributed by atoms with Gasteiger partial charge in [-0.1, -0.05) is 30.3 Å². The van der Waals surface area contributed by atoms with Gasteiger partial charge in [0.15, 0.2) is 6.61 Å². The number of nitrogens with zero attached hydrogens (tertiary/aromatic N) is 1. The van der Waals surface area contributed by atoms with Gasteiger partial charge in [-0.05, 0) is 37.6 Å². The van der Waals surface area contributed by atoms with Crippen molar-refractivity contribution in [1.29, 1.82) is 0 Å². The van der Waals surface area contributed by atoms with E-state index in [1.165, 1.54) is 0 Å². The molecule has 0 fully saturated rings. The van der Waals surface area contributed by atoms with Crippen LogP contribution in [-0.2, 0) is 4.79 Å². The molecule has 0 radical (unpaired) electrons. The number of hydrogen-bond acceptors (Lipinski definition) is 4. The monoisotopic (exact) mass is 338 g/mol. The third-order valence-electron chi connectivity index (χ3n) is 3.54. The standard InChI is InChI=1S/C19H18N2O2S/c1-13-5-3-4-6-18(13)23-11-19(22)21-16-9-7-15(8-10-16)17-12-24-14(2)20-17/h3-10,12H,11H2,1-2H3,(H,21,22). The molecule has 24 heavy (non-hydrogen) atoms. The van der Waals surface area contributed by atoms with Gasteiger partial charge in [-0.2, -0.15) is 0 Å². The summed E-state index contributed by atoms with van der Waals surface area (Å²) in [6.07, 6.45) is 0. The van der Waals surface area contributed by atoms with Gasteiger partial charge in [0.05, 0.1) is 10.7 Å². The third-order valence-corrected chi connectivity index (χ3v) is 4.31. The van der Waals surface area contributed by atoms with E-state index in [9.17, 15) is 4.79 Å². The number of nitrogens with one attached hydrogen (secondary N) is 1. The number of carbonyl (C=O) groups excluding carboxylic acids is 1. The predicted octanol–water partition coefficient (Wildman–Crippen LogP) is 4.44. The van der Waals surface area contributed by atoms with E-state index in [0.29, 0.717) is 0 Å². The Hall–Kier alpha value is -2.66. The summed E-state index contributed by atoms with van der Waals surface area (Å²) >= 11 is 1.62. The van der Waals surface area contributed by atoms with Crippen LogP contribution in [0, 0.1) is 13.8 Å². The highest BCUT2D eigenvalue weighted by molar-refractivity contribution is 7.09. The quantitative estimate of drug-likeness (QED) is 0.748. The smallest absolute Gasteiger partial charge is 0.262 e. The number of amides is 1. The number of aromatic nitrogens is 1. The molecule has 4 nitrogen and oxygen atoms in total. The maximum Gasteiger partial charge on any atom is 0.262 e. The molecule has 0 aliphatic carbocycles. The van der Waals surface area contributed by atoms with Gasteiger partial charge in [0.25, 0.3) is 5.91 Å². The summed E-state index contributed by atoms with van der Waals surface area (Å²) in [5.74, 6) is 0.539. The molecule has 0 bridgehead atoms. The fraction of sp³-hybridized carbons (Fsp3) is 0.158. The molecule has 3 rings (SSSR count). The number of para-hydroxylation sites is 1. The van der Waals surface area contributed by atoms with Gasteiger partial charge in [-0.3, -0.25) is 4.79 Å². The maximum absolute atomic E-state index is 12.0. The van der Waals surface area contributed by atoms with Crippen molar-refractivity contribution in [2.24, 2.45) is 0 Å². The first kappa shape index (κ1) is 16.2. The van der Waals surface area contributed by atoms with Crippen molar-refractivity contribution in [1.82, 2.24) is 4.98 Å². The number of carbonyl (C=O) groups is 1. The molecule has 0 atom stereocenters. The first-order chi connectivity index (χ1) is 11.6. The second-order valence-electron chi connectivity index (χ2n) is 5.43. The van der Waals surface area contributed by atoms with Crippen molar-refractivity contribution in [2.45, 2.75) is 13.8 Å². The fourth-order valence-electron chi connectivity index (χ4n) is 2.28. The van der Waals surface area contributed by atoms with E-state index in [4.69, 9.17) is 4.74 Å². The molecule has 0 saturated heterocycles. The van der Waals surface area contributed by atoms with Gasteiger partial charge in [-0.15, -0.1) is 11.3 Å². The molecular formula is C19H18N2O2S. The third kappa shape index (κ3) is 4.00. The molecule has 0 aliphatic heterocycles. The summed E-state index contributed by atoms with van der Waals surface area (Å²) in [5, 5.41) is 5.90. The Morgan fingerprint density at radius 2 is 1.88 bits per heavy atom. The van der Waals surface area contributed by atoms with Gasteiger partial charge in [-0.25, -0.2) is 4.98 Å². The summed E-state index contributed by atoms with van der Waals surface area (Å²) in [6.45, 7) is 3.92. The molecule has 0 unspecified atom stereocenters. The van der Waals surface area contributed by atoms with E-state index in [1.807, 2.05) is 67.8 Å². The van der Waals surface area contributed by atoms with E-state index >= 15 is 0 Å². The maximum atomic E-state index is 12.0. The molecule has 122 valence electrons. The molecule has 1 N–H and O–H groups in total. The zero-order valence-electron chi connectivity index (χ0n) is 13.6. The van der Waals surface area contributed by atoms with Crippen LogP contribution >= 0.6 is 11.3 Å². The van der Waals surface area contributed by atoms with E-state index < -0.39 is 0 Å². The van der Waals surface area contributed by atoms with E-state index in [0.717, 1.165) is 33.3 Å². The highest BCUT2D eigenvalue weighted by Crippen LogP contribution is 2.23. The van der Waals surface area contributed by atoms with Crippen molar-refractivity contribution < 1.29 is 9.53 Å². The Morgan fingerprint density at radius 3 is 2.54 bits per heavy atom. The van der Waals surface area contributed by atoms with Crippen LogP contribution in [0.3, 0.4) is 0 Å². The number of aryl methyl sites for hydroxylation is 2. The lowest BCUT2D eigenvalue weighted by atomic mass is 10.1. The SMILES string of the molecule is Cc1nc(-c2ccc(NC(=O)COc3ccccc3C)cc2)cs1. The van der Waals surface area contributed by atoms with E-state index in [2.05, 4.69) is 10.3 Å². The van der Waals surface area contributed by atoms with Gasteiger partial charge in [0.2, 0.25) is 0 Å². The first-order valence-corrected chi connectivity index (χ1v) is 8.50. The Balaban J connectivity index is 1.57. The fourth-order valence-corrected chi connectivity index (χ4v) is 2.90. The van der Waals surface area contributed by atoms with Crippen LogP contribution in [0.1, 0.15) is 10.6 Å². The number of benzene rings is 2. The molecule has 3 aromatic rings. The van der Waals surface area contributed by atoms with Crippen LogP contribution < -0.4 is 10.1 Å². The molecule has 0 spiro atoms. The topological polar surface area (TPSA) is 51.2 Å². The van der Waals surface area contributed by atoms with Crippen molar-refractivity contribution in [3.63, 3.8) is 0 Å². The summed E-state index contributed by atoms with van der Waals surface area (Å²) in [4.78, 5) is 16.5. The number of hydrogen-bond donors (Lipinski definition) is 1. The lowest BCUT2D eigenvalue weighted by Gasteiger charge is -2.09. The molecule has 0 saturated carbocycles. The van der Waals surface area contributed by atoms with E-state index in [-0.39, 0.29) is 12.5 Å². The molecule has 2 aromatic carbocycles. The lowest BCUT2D eigenvalue weighted by Crippen LogP contribution is -2.20. The Morgan fingerprint density at radius 1 is 1.12 bits per heavy atom. The van der Waals surface area contributed by atoms with Crippen LogP contribution in [0.4, 0.5) is 5.69 Å². The Bertz CT molecular complexity index is 841. The highest BCUT2D eigenvalue weighted by atomic mass is 32.1. The second kappa shape index (κ2) is 7.27. The summed E-state index contributed by atoms with van der Waals surface area (Å²) in [5.41, 5.74) is 3.74. The molecule has 1 aromatic heterocycles. The minimum absolute atomic E-state index is 0.0160. The average molecular weight is 338 g/mol. The van der Waals surface area contributed by atoms with E-state index in [1.54, 1.807) is 11.3 Å². The van der Waals surface area contributed by atoms with Gasteiger partial charge < -0.3 is 10.1 Å². The number of ether oxygens (including phenoxy) is 1. The second-order valence-corrected chi connectivity index (χ2v) is 6.49. The van der Waals surface area contributed by atoms with Crippen LogP contribution in [-0.4, -0.2) is 17.5 Å². The normalized spacial score (nSPS) is 10.4. The summed E-state index contributed by atoms with van der Waals surface area (Å²) in [6, 6.07) is 15.3. The van der Waals surface area contributed by atoms with Crippen LogP contribution in [0.25, 0.3) is 11.3 Å². The number of anilines is 1. The summed E-state index contributed by atoms with van der Waals surface area (Å²) in [7, 11) is 0. The molecule has 5 heteroatoms. The van der Waals surface area contributed by atoms with Crippen LogP contribution in [0.15, 0.2) is 53.9 Å². The van der Waals surface area contributed by atoms with Crippen molar-refractivity contribution in [2.75, 3.05) is 11.9 Å². The minimum Gasteiger partial charge on any atom is -0.483 e. The van der Waals surface area contributed by atoms with Crippen molar-refractivity contribution in [3.05, 3.63) is 64.5 Å². The first-order valence-electron chi connectivity index (χ1n) is 7.62. The molecule has 0 aliphatic rings. The van der Waals surface area contributed by atoms with Gasteiger partial charge in [0.1, 0.15) is 5.75 Å². The van der Waals surface area contributed by atoms with Crippen molar-refractivity contribution >= 4 is 22.9 Å². The zero-order chi connectivity index (χ0) is 16.9. The zero-order valence-corrected chi connectivity index (χ0v) is 14.4. The predicted molar refractivity (Wildman–Crippen MR) is 97.6 cm³/mol. The number of rotatable bonds is 5. The average Bonchev–Trinajstić information content (AvgIpc) is 3.01. The summed E-state index contributed by atoms with van der Waals surface area (Å²) < 4.78 is 5.55. The van der Waals surface area contributed by atoms with Crippen LogP contribution in [0.2, 0.25) is 0 Å². The number of thiazole rings is 1. The molecule has 1 amide bonds. The van der Waals surface area contributed by atoms with Crippen molar-refractivity contribution in [3.8, 4) is 17.0 Å². The largest absolute Gasteiger partial charge is 0.483 e. The van der Waals surface area contributed by atoms with Gasteiger partial charge >= 0.3 is 0 Å². The Labute approximate surface area is 145 Å². The molecular weight excluding hydrogens is 320 g/mol. The van der Waals surface area contributed by atoms with Gasteiger partial charge in [0, 0.05) is 16.6 Å². The minimum atomic E-state index is -0.185. The highest BCUT2D eigenvalue weighted by Gasteiger charge is 2.06. The van der Waals surface area contributed by atoms with Crippen LogP contribution in [0.5, 0.6) is 5.75 Å².